The number of benzene rings is 2. The van der Waals surface area contributed by atoms with Gasteiger partial charge in [-0.1, -0.05) is 6.07 Å². The number of aromatic hydroxyl groups is 1. The number of aliphatic imine (C=N–C) groups is 1. The molecule has 6 nitrogen and oxygen atoms in total. The lowest BCUT2D eigenvalue weighted by atomic mass is 10.2. The molecular formula is C17H11F2N3O3. The van der Waals surface area contributed by atoms with Gasteiger partial charge < -0.3 is 5.11 Å². The fourth-order valence-electron chi connectivity index (χ4n) is 2.18. The number of hydrogen-bond acceptors (Lipinski definition) is 4. The number of aromatic nitrogens is 2. The minimum Gasteiger partial charge on any atom is -0.493 e. The molecule has 0 atom stereocenters. The van der Waals surface area contributed by atoms with Crippen molar-refractivity contribution >= 4 is 11.9 Å². The molecule has 2 aromatic carbocycles. The Hall–Kier alpha value is -3.55. The number of H-pyrrole nitrogens is 1. The molecule has 0 radical (unpaired) electrons. The van der Waals surface area contributed by atoms with E-state index in [2.05, 4.69) is 4.99 Å². The molecule has 3 aromatic rings. The fourth-order valence-corrected chi connectivity index (χ4v) is 2.18. The van der Waals surface area contributed by atoms with Crippen LogP contribution in [0.15, 0.2) is 63.1 Å². The molecule has 0 unspecified atom stereocenters. The monoisotopic (exact) mass is 343 g/mol. The summed E-state index contributed by atoms with van der Waals surface area (Å²) in [6, 6.07) is 10.0. The normalized spacial score (nSPS) is 11.1. The van der Waals surface area contributed by atoms with Crippen LogP contribution < -0.4 is 11.2 Å². The van der Waals surface area contributed by atoms with E-state index in [4.69, 9.17) is 0 Å². The molecule has 0 aliphatic heterocycles. The zero-order valence-corrected chi connectivity index (χ0v) is 12.6. The summed E-state index contributed by atoms with van der Waals surface area (Å²) in [6.45, 7) is 0. The van der Waals surface area contributed by atoms with Crippen molar-refractivity contribution in [2.45, 2.75) is 0 Å². The van der Waals surface area contributed by atoms with Crippen LogP contribution in [0.1, 0.15) is 5.56 Å². The molecule has 0 saturated carbocycles. The molecule has 0 saturated heterocycles. The van der Waals surface area contributed by atoms with Gasteiger partial charge in [0, 0.05) is 6.21 Å². The van der Waals surface area contributed by atoms with Gasteiger partial charge in [-0.25, -0.2) is 18.1 Å². The molecule has 126 valence electrons. The van der Waals surface area contributed by atoms with E-state index >= 15 is 0 Å². The molecule has 0 spiro atoms. The lowest BCUT2D eigenvalue weighted by molar-refractivity contribution is 0.430. The van der Waals surface area contributed by atoms with Crippen LogP contribution in [-0.2, 0) is 0 Å². The van der Waals surface area contributed by atoms with Crippen LogP contribution in [0.3, 0.4) is 0 Å². The van der Waals surface area contributed by atoms with Crippen LogP contribution in [0.25, 0.3) is 5.69 Å². The quantitative estimate of drug-likeness (QED) is 0.715. The molecule has 0 fully saturated rings. The SMILES string of the molecule is O=c1[nH]c(=O)n(-c2ccc(F)cc2)c(O)c1C=Nc1cccc(F)c1. The highest BCUT2D eigenvalue weighted by atomic mass is 19.1. The van der Waals surface area contributed by atoms with E-state index in [-0.39, 0.29) is 16.9 Å². The molecule has 25 heavy (non-hydrogen) atoms. The highest BCUT2D eigenvalue weighted by Crippen LogP contribution is 2.17. The van der Waals surface area contributed by atoms with E-state index in [9.17, 15) is 23.5 Å². The van der Waals surface area contributed by atoms with Crippen LogP contribution in [0.5, 0.6) is 5.88 Å². The minimum absolute atomic E-state index is 0.153. The average Bonchev–Trinajstić information content (AvgIpc) is 2.56. The van der Waals surface area contributed by atoms with Crippen LogP contribution in [0, 0.1) is 11.6 Å². The summed E-state index contributed by atoms with van der Waals surface area (Å²) in [4.78, 5) is 29.9. The second-order valence-electron chi connectivity index (χ2n) is 5.05. The highest BCUT2D eigenvalue weighted by molar-refractivity contribution is 5.84. The maximum Gasteiger partial charge on any atom is 0.335 e. The van der Waals surface area contributed by atoms with Crippen molar-refractivity contribution in [3.63, 3.8) is 0 Å². The van der Waals surface area contributed by atoms with Gasteiger partial charge in [0.2, 0.25) is 5.88 Å². The van der Waals surface area contributed by atoms with Crippen molar-refractivity contribution in [3.05, 3.63) is 86.6 Å². The minimum atomic E-state index is -0.892. The number of aromatic amines is 1. The predicted molar refractivity (Wildman–Crippen MR) is 87.9 cm³/mol. The third-order valence-electron chi connectivity index (χ3n) is 3.36. The lowest BCUT2D eigenvalue weighted by Crippen LogP contribution is -2.31. The van der Waals surface area contributed by atoms with Gasteiger partial charge in [0.25, 0.3) is 5.56 Å². The zero-order valence-electron chi connectivity index (χ0n) is 12.6. The van der Waals surface area contributed by atoms with Gasteiger partial charge in [0.15, 0.2) is 0 Å². The molecule has 0 aliphatic rings. The van der Waals surface area contributed by atoms with Crippen LogP contribution in [-0.4, -0.2) is 20.9 Å². The van der Waals surface area contributed by atoms with Crippen molar-refractivity contribution in [2.24, 2.45) is 4.99 Å². The number of nitrogens with one attached hydrogen (secondary N) is 1. The van der Waals surface area contributed by atoms with Crippen molar-refractivity contribution in [3.8, 4) is 11.6 Å². The summed E-state index contributed by atoms with van der Waals surface area (Å²) >= 11 is 0. The van der Waals surface area contributed by atoms with Crippen LogP contribution >= 0.6 is 0 Å². The van der Waals surface area contributed by atoms with E-state index in [1.54, 1.807) is 0 Å². The van der Waals surface area contributed by atoms with Crippen LogP contribution in [0.4, 0.5) is 14.5 Å². The van der Waals surface area contributed by atoms with Gasteiger partial charge in [-0.2, -0.15) is 0 Å². The molecule has 1 heterocycles. The Labute approximate surface area is 139 Å². The maximum absolute atomic E-state index is 13.2. The predicted octanol–water partition coefficient (Wildman–Crippen LogP) is 2.26. The smallest absolute Gasteiger partial charge is 0.335 e. The molecular weight excluding hydrogens is 332 g/mol. The van der Waals surface area contributed by atoms with Gasteiger partial charge in [-0.15, -0.1) is 0 Å². The molecule has 0 amide bonds. The summed E-state index contributed by atoms with van der Waals surface area (Å²) in [5, 5.41) is 10.3. The largest absolute Gasteiger partial charge is 0.493 e. The van der Waals surface area contributed by atoms with Crippen molar-refractivity contribution in [1.29, 1.82) is 0 Å². The summed E-state index contributed by atoms with van der Waals surface area (Å²) in [5.41, 5.74) is -1.68. The summed E-state index contributed by atoms with van der Waals surface area (Å²) < 4.78 is 27.0. The standard InChI is InChI=1S/C17H11F2N3O3/c18-10-4-6-13(7-5-10)22-16(24)14(15(23)21-17(22)25)9-20-12-3-1-2-11(19)8-12/h1-9,24H,(H,21,23,25). The second kappa shape index (κ2) is 6.52. The average molecular weight is 343 g/mol. The first-order valence-corrected chi connectivity index (χ1v) is 7.09. The lowest BCUT2D eigenvalue weighted by Gasteiger charge is -2.09. The van der Waals surface area contributed by atoms with Crippen molar-refractivity contribution in [1.82, 2.24) is 9.55 Å². The third kappa shape index (κ3) is 3.37. The van der Waals surface area contributed by atoms with E-state index in [0.717, 1.165) is 29.0 Å². The topological polar surface area (TPSA) is 87.5 Å². The Morgan fingerprint density at radius 2 is 1.76 bits per heavy atom. The maximum atomic E-state index is 13.2. The Balaban J connectivity index is 2.12. The van der Waals surface area contributed by atoms with E-state index in [1.807, 2.05) is 4.98 Å². The first kappa shape index (κ1) is 16.3. The second-order valence-corrected chi connectivity index (χ2v) is 5.05. The summed E-state index contributed by atoms with van der Waals surface area (Å²) in [5.74, 6) is -1.70. The Morgan fingerprint density at radius 1 is 1.04 bits per heavy atom. The third-order valence-corrected chi connectivity index (χ3v) is 3.36. The first-order chi connectivity index (χ1) is 12.0. The number of halogens is 2. The first-order valence-electron chi connectivity index (χ1n) is 7.09. The highest BCUT2D eigenvalue weighted by Gasteiger charge is 2.14. The van der Waals surface area contributed by atoms with E-state index in [1.165, 1.54) is 30.3 Å². The van der Waals surface area contributed by atoms with E-state index in [0.29, 0.717) is 0 Å². The Bertz CT molecular complexity index is 1070. The molecule has 8 heteroatoms. The number of nitrogens with zero attached hydrogens (tertiary/aromatic N) is 2. The van der Waals surface area contributed by atoms with Gasteiger partial charge >= 0.3 is 5.69 Å². The number of rotatable bonds is 3. The fraction of sp³-hybridized carbons (Fsp3) is 0. The summed E-state index contributed by atoms with van der Waals surface area (Å²) in [7, 11) is 0. The van der Waals surface area contributed by atoms with Gasteiger partial charge in [0.1, 0.15) is 17.2 Å². The molecule has 0 aliphatic carbocycles. The Kier molecular flexibility index (Phi) is 4.25. The molecule has 3 rings (SSSR count). The van der Waals surface area contributed by atoms with E-state index < -0.39 is 28.8 Å². The number of hydrogen-bond donors (Lipinski definition) is 2. The van der Waals surface area contributed by atoms with Crippen molar-refractivity contribution in [2.75, 3.05) is 0 Å². The Morgan fingerprint density at radius 3 is 2.44 bits per heavy atom. The molecule has 1 aromatic heterocycles. The molecule has 0 bridgehead atoms. The van der Waals surface area contributed by atoms with Gasteiger partial charge in [-0.05, 0) is 42.5 Å². The van der Waals surface area contributed by atoms with Gasteiger partial charge in [0.05, 0.1) is 11.4 Å². The summed E-state index contributed by atoms with van der Waals surface area (Å²) in [6.07, 6.45) is 1.02. The zero-order chi connectivity index (χ0) is 18.0. The van der Waals surface area contributed by atoms with Crippen LogP contribution in [0.2, 0.25) is 0 Å². The van der Waals surface area contributed by atoms with Gasteiger partial charge in [-0.3, -0.25) is 14.8 Å². The van der Waals surface area contributed by atoms with Crippen molar-refractivity contribution < 1.29 is 13.9 Å². The molecule has 2 N–H and O–H groups in total.